The molecule has 0 aromatic heterocycles. The van der Waals surface area contributed by atoms with Crippen molar-refractivity contribution in [3.05, 3.63) is 0 Å². The SMILES string of the molecule is CC(C)C(C)C1NCCS1. The van der Waals surface area contributed by atoms with Crippen LogP contribution in [0.1, 0.15) is 20.8 Å². The van der Waals surface area contributed by atoms with Gasteiger partial charge >= 0.3 is 0 Å². The van der Waals surface area contributed by atoms with Crippen LogP contribution in [0.2, 0.25) is 0 Å². The monoisotopic (exact) mass is 159 g/mol. The number of nitrogens with one attached hydrogen (secondary N) is 1. The van der Waals surface area contributed by atoms with E-state index >= 15 is 0 Å². The van der Waals surface area contributed by atoms with E-state index in [1.807, 2.05) is 0 Å². The van der Waals surface area contributed by atoms with Crippen LogP contribution < -0.4 is 5.32 Å². The van der Waals surface area contributed by atoms with Gasteiger partial charge in [0.25, 0.3) is 0 Å². The zero-order chi connectivity index (χ0) is 7.56. The van der Waals surface area contributed by atoms with Gasteiger partial charge in [-0.2, -0.15) is 0 Å². The number of thioether (sulfide) groups is 1. The Bertz CT molecular complexity index is 97.4. The van der Waals surface area contributed by atoms with Crippen molar-refractivity contribution >= 4 is 11.8 Å². The summed E-state index contributed by atoms with van der Waals surface area (Å²) in [5.74, 6) is 2.91. The Morgan fingerprint density at radius 2 is 2.10 bits per heavy atom. The predicted molar refractivity (Wildman–Crippen MR) is 48.3 cm³/mol. The molecule has 1 saturated heterocycles. The maximum Gasteiger partial charge on any atom is 0.0561 e. The molecule has 1 rings (SSSR count). The molecule has 1 N–H and O–H groups in total. The Morgan fingerprint density at radius 3 is 2.50 bits per heavy atom. The standard InChI is InChI=1S/C8H17NS/c1-6(2)7(3)8-9-4-5-10-8/h6-9H,4-5H2,1-3H3. The van der Waals surface area contributed by atoms with Crippen molar-refractivity contribution in [1.82, 2.24) is 5.32 Å². The van der Waals surface area contributed by atoms with Crippen LogP contribution in [0.25, 0.3) is 0 Å². The fourth-order valence-electron chi connectivity index (χ4n) is 1.13. The third-order valence-electron chi connectivity index (χ3n) is 2.27. The fourth-order valence-corrected chi connectivity index (χ4v) is 2.48. The molecule has 0 saturated carbocycles. The second kappa shape index (κ2) is 3.63. The molecule has 0 radical (unpaired) electrons. The molecule has 1 aliphatic rings. The molecule has 0 aromatic carbocycles. The molecule has 60 valence electrons. The maximum absolute atomic E-state index is 3.50. The lowest BCUT2D eigenvalue weighted by Gasteiger charge is -2.21. The van der Waals surface area contributed by atoms with E-state index in [1.54, 1.807) is 0 Å². The summed E-state index contributed by atoms with van der Waals surface area (Å²) in [5.41, 5.74) is 0. The Kier molecular flexibility index (Phi) is 3.05. The summed E-state index contributed by atoms with van der Waals surface area (Å²) in [6.45, 7) is 8.13. The van der Waals surface area contributed by atoms with Crippen LogP contribution in [0, 0.1) is 11.8 Å². The van der Waals surface area contributed by atoms with Gasteiger partial charge in [-0.15, -0.1) is 11.8 Å². The van der Waals surface area contributed by atoms with Crippen molar-refractivity contribution in [2.75, 3.05) is 12.3 Å². The average molecular weight is 159 g/mol. The van der Waals surface area contributed by atoms with Crippen molar-refractivity contribution in [3.63, 3.8) is 0 Å². The van der Waals surface area contributed by atoms with Gasteiger partial charge in [-0.25, -0.2) is 0 Å². The topological polar surface area (TPSA) is 12.0 Å². The summed E-state index contributed by atoms with van der Waals surface area (Å²) >= 11 is 2.07. The Hall–Kier alpha value is 0.310. The lowest BCUT2D eigenvalue weighted by atomic mass is 9.98. The van der Waals surface area contributed by atoms with Gasteiger partial charge < -0.3 is 5.32 Å². The molecule has 0 amide bonds. The van der Waals surface area contributed by atoms with Gasteiger partial charge in [0.2, 0.25) is 0 Å². The molecule has 2 atom stereocenters. The van der Waals surface area contributed by atoms with Crippen LogP contribution in [0.15, 0.2) is 0 Å². The van der Waals surface area contributed by atoms with E-state index in [0.29, 0.717) is 0 Å². The summed E-state index contributed by atoms with van der Waals surface area (Å²) in [5, 5.41) is 4.22. The smallest absolute Gasteiger partial charge is 0.0561 e. The van der Waals surface area contributed by atoms with Gasteiger partial charge in [-0.3, -0.25) is 0 Å². The van der Waals surface area contributed by atoms with Crippen molar-refractivity contribution < 1.29 is 0 Å². The first-order valence-electron chi connectivity index (χ1n) is 4.07. The molecule has 1 fully saturated rings. The minimum atomic E-state index is 0.722. The fraction of sp³-hybridized carbons (Fsp3) is 1.00. The highest BCUT2D eigenvalue weighted by atomic mass is 32.2. The van der Waals surface area contributed by atoms with Crippen LogP contribution in [0.4, 0.5) is 0 Å². The molecule has 1 heterocycles. The summed E-state index contributed by atoms with van der Waals surface area (Å²) in [6.07, 6.45) is 0. The molecule has 1 nitrogen and oxygen atoms in total. The van der Waals surface area contributed by atoms with E-state index in [2.05, 4.69) is 37.8 Å². The first kappa shape index (κ1) is 8.41. The largest absolute Gasteiger partial charge is 0.304 e. The third kappa shape index (κ3) is 1.89. The second-order valence-corrected chi connectivity index (χ2v) is 4.60. The third-order valence-corrected chi connectivity index (χ3v) is 3.67. The molecular formula is C8H17NS. The Balaban J connectivity index is 2.32. The predicted octanol–water partition coefficient (Wildman–Crippen LogP) is 1.94. The van der Waals surface area contributed by atoms with Gasteiger partial charge in [0.15, 0.2) is 0 Å². The molecular weight excluding hydrogens is 142 g/mol. The van der Waals surface area contributed by atoms with Crippen LogP contribution in [0.5, 0.6) is 0 Å². The molecule has 2 unspecified atom stereocenters. The van der Waals surface area contributed by atoms with Gasteiger partial charge in [0, 0.05) is 12.3 Å². The summed E-state index contributed by atoms with van der Waals surface area (Å²) < 4.78 is 0. The molecule has 1 aliphatic heterocycles. The van der Waals surface area contributed by atoms with Crippen LogP contribution >= 0.6 is 11.8 Å². The quantitative estimate of drug-likeness (QED) is 0.661. The number of hydrogen-bond donors (Lipinski definition) is 1. The summed E-state index contributed by atoms with van der Waals surface area (Å²) in [6, 6.07) is 0. The van der Waals surface area contributed by atoms with Gasteiger partial charge in [-0.1, -0.05) is 20.8 Å². The van der Waals surface area contributed by atoms with Gasteiger partial charge in [0.05, 0.1) is 5.37 Å². The number of rotatable bonds is 2. The minimum absolute atomic E-state index is 0.722. The molecule has 0 bridgehead atoms. The molecule has 0 aromatic rings. The molecule has 0 spiro atoms. The van der Waals surface area contributed by atoms with Crippen molar-refractivity contribution in [3.8, 4) is 0 Å². The van der Waals surface area contributed by atoms with Crippen LogP contribution in [-0.4, -0.2) is 17.7 Å². The van der Waals surface area contributed by atoms with Crippen molar-refractivity contribution in [2.24, 2.45) is 11.8 Å². The van der Waals surface area contributed by atoms with E-state index in [0.717, 1.165) is 17.2 Å². The lowest BCUT2D eigenvalue weighted by molar-refractivity contribution is 0.381. The number of hydrogen-bond acceptors (Lipinski definition) is 2. The Morgan fingerprint density at radius 1 is 1.40 bits per heavy atom. The van der Waals surface area contributed by atoms with E-state index in [-0.39, 0.29) is 0 Å². The minimum Gasteiger partial charge on any atom is -0.304 e. The highest BCUT2D eigenvalue weighted by Gasteiger charge is 2.23. The van der Waals surface area contributed by atoms with E-state index < -0.39 is 0 Å². The Labute approximate surface area is 68.0 Å². The summed E-state index contributed by atoms with van der Waals surface area (Å²) in [7, 11) is 0. The molecule has 2 heteroatoms. The van der Waals surface area contributed by atoms with E-state index in [1.165, 1.54) is 12.3 Å². The maximum atomic E-state index is 3.50. The average Bonchev–Trinajstić information content (AvgIpc) is 2.36. The van der Waals surface area contributed by atoms with E-state index in [4.69, 9.17) is 0 Å². The zero-order valence-corrected chi connectivity index (χ0v) is 7.87. The molecule has 10 heavy (non-hydrogen) atoms. The van der Waals surface area contributed by atoms with Crippen molar-refractivity contribution in [2.45, 2.75) is 26.1 Å². The second-order valence-electron chi connectivity index (χ2n) is 3.35. The normalized spacial score (nSPS) is 29.4. The summed E-state index contributed by atoms with van der Waals surface area (Å²) in [4.78, 5) is 0. The first-order chi connectivity index (χ1) is 4.72. The van der Waals surface area contributed by atoms with Gasteiger partial charge in [0.1, 0.15) is 0 Å². The van der Waals surface area contributed by atoms with Crippen LogP contribution in [0.3, 0.4) is 0 Å². The lowest BCUT2D eigenvalue weighted by Crippen LogP contribution is -2.29. The highest BCUT2D eigenvalue weighted by molar-refractivity contribution is 8.00. The van der Waals surface area contributed by atoms with Crippen LogP contribution in [-0.2, 0) is 0 Å². The van der Waals surface area contributed by atoms with Gasteiger partial charge in [-0.05, 0) is 11.8 Å². The first-order valence-corrected chi connectivity index (χ1v) is 5.11. The zero-order valence-electron chi connectivity index (χ0n) is 7.05. The van der Waals surface area contributed by atoms with E-state index in [9.17, 15) is 0 Å². The van der Waals surface area contributed by atoms with Crippen molar-refractivity contribution in [1.29, 1.82) is 0 Å². The molecule has 0 aliphatic carbocycles. The highest BCUT2D eigenvalue weighted by Crippen LogP contribution is 2.26.